The molecule has 2 aromatic rings. The summed E-state index contributed by atoms with van der Waals surface area (Å²) in [4.78, 5) is 28.9. The first kappa shape index (κ1) is 30.3. The van der Waals surface area contributed by atoms with Gasteiger partial charge in [0, 0.05) is 34.3 Å². The number of anilines is 1. The average molecular weight is 613 g/mol. The van der Waals surface area contributed by atoms with E-state index in [9.17, 15) is 18.0 Å². The highest BCUT2D eigenvalue weighted by Crippen LogP contribution is 2.35. The number of ether oxygens (including phenoxy) is 2. The van der Waals surface area contributed by atoms with Crippen LogP contribution in [0.1, 0.15) is 51.0 Å². The first-order valence-electron chi connectivity index (χ1n) is 13.5. The second kappa shape index (κ2) is 13.3. The first-order valence-corrected chi connectivity index (χ1v) is 16.1. The number of halogens is 2. The van der Waals surface area contributed by atoms with Crippen LogP contribution in [0.3, 0.4) is 0 Å². The van der Waals surface area contributed by atoms with E-state index >= 15 is 0 Å². The zero-order valence-corrected chi connectivity index (χ0v) is 25.0. The van der Waals surface area contributed by atoms with Gasteiger partial charge in [0.05, 0.1) is 11.9 Å². The van der Waals surface area contributed by atoms with Crippen LogP contribution in [-0.2, 0) is 26.2 Å². The molecule has 1 fully saturated rings. The Morgan fingerprint density at radius 2 is 1.68 bits per heavy atom. The van der Waals surface area contributed by atoms with Gasteiger partial charge in [0.1, 0.15) is 25.8 Å². The Bertz CT molecular complexity index is 1310. The number of carbonyl (C=O) groups excluding carboxylic acids is 2. The monoisotopic (exact) mass is 611 g/mol. The van der Waals surface area contributed by atoms with Gasteiger partial charge in [-0.05, 0) is 43.5 Å². The van der Waals surface area contributed by atoms with Crippen LogP contribution < -0.4 is 19.1 Å². The molecule has 0 spiro atoms. The van der Waals surface area contributed by atoms with E-state index in [-0.39, 0.29) is 24.2 Å². The lowest BCUT2D eigenvalue weighted by molar-refractivity contribution is -0.140. The summed E-state index contributed by atoms with van der Waals surface area (Å²) in [6, 6.07) is 8.90. The second-order valence-corrected chi connectivity index (χ2v) is 12.8. The van der Waals surface area contributed by atoms with E-state index in [0.717, 1.165) is 42.7 Å². The maximum Gasteiger partial charge on any atom is 0.244 e. The second-order valence-electron chi connectivity index (χ2n) is 10.1. The highest BCUT2D eigenvalue weighted by atomic mass is 35.5. The maximum absolute atomic E-state index is 14.0. The zero-order chi connectivity index (χ0) is 28.9. The molecule has 1 unspecified atom stereocenters. The third kappa shape index (κ3) is 7.33. The van der Waals surface area contributed by atoms with Crippen molar-refractivity contribution < 1.29 is 27.5 Å². The Hall–Kier alpha value is -2.69. The third-order valence-corrected chi connectivity index (χ3v) is 9.07. The molecule has 12 heteroatoms. The van der Waals surface area contributed by atoms with Crippen molar-refractivity contribution in [3.63, 3.8) is 0 Å². The van der Waals surface area contributed by atoms with Gasteiger partial charge in [0.2, 0.25) is 21.8 Å². The fourth-order valence-electron chi connectivity index (χ4n) is 5.12. The number of nitrogens with zero attached hydrogens (tertiary/aromatic N) is 2. The molecule has 1 saturated carbocycles. The van der Waals surface area contributed by atoms with Crippen molar-refractivity contribution in [2.24, 2.45) is 0 Å². The largest absolute Gasteiger partial charge is 0.486 e. The van der Waals surface area contributed by atoms with E-state index in [0.29, 0.717) is 46.7 Å². The van der Waals surface area contributed by atoms with Crippen molar-refractivity contribution in [1.29, 1.82) is 0 Å². The van der Waals surface area contributed by atoms with Gasteiger partial charge in [-0.2, -0.15) is 0 Å². The molecule has 40 heavy (non-hydrogen) atoms. The van der Waals surface area contributed by atoms with E-state index in [2.05, 4.69) is 5.32 Å². The molecule has 2 aromatic carbocycles. The fraction of sp³-hybridized carbons (Fsp3) is 0.500. The van der Waals surface area contributed by atoms with Gasteiger partial charge in [-0.15, -0.1) is 0 Å². The summed E-state index contributed by atoms with van der Waals surface area (Å²) in [5, 5.41) is 3.80. The van der Waals surface area contributed by atoms with Crippen LogP contribution >= 0.6 is 23.2 Å². The minimum atomic E-state index is -3.90. The fourth-order valence-corrected chi connectivity index (χ4v) is 6.48. The predicted octanol–water partition coefficient (Wildman–Crippen LogP) is 4.79. The third-order valence-electron chi connectivity index (χ3n) is 7.22. The van der Waals surface area contributed by atoms with E-state index in [1.165, 1.54) is 11.0 Å². The number of hydrogen-bond donors (Lipinski definition) is 1. The minimum absolute atomic E-state index is 0.0429. The number of amides is 2. The minimum Gasteiger partial charge on any atom is -0.486 e. The van der Waals surface area contributed by atoms with E-state index in [1.54, 1.807) is 30.3 Å². The number of sulfonamides is 1. The lowest BCUT2D eigenvalue weighted by atomic mass is 9.95. The molecule has 0 bridgehead atoms. The Kier molecular flexibility index (Phi) is 10.1. The number of fused-ring (bicyclic) bond motifs is 1. The highest BCUT2D eigenvalue weighted by molar-refractivity contribution is 7.92. The van der Waals surface area contributed by atoms with Crippen LogP contribution in [0.5, 0.6) is 11.5 Å². The van der Waals surface area contributed by atoms with E-state index < -0.39 is 28.5 Å². The van der Waals surface area contributed by atoms with Crippen molar-refractivity contribution >= 4 is 50.7 Å². The van der Waals surface area contributed by atoms with Gasteiger partial charge < -0.3 is 19.7 Å². The van der Waals surface area contributed by atoms with Crippen molar-refractivity contribution in [3.05, 3.63) is 52.0 Å². The molecule has 0 saturated heterocycles. The summed E-state index contributed by atoms with van der Waals surface area (Å²) in [5.74, 6) is 0.0381. The topological polar surface area (TPSA) is 105 Å². The van der Waals surface area contributed by atoms with Gasteiger partial charge >= 0.3 is 0 Å². The molecule has 1 aliphatic carbocycles. The number of benzene rings is 2. The van der Waals surface area contributed by atoms with Crippen molar-refractivity contribution in [3.8, 4) is 11.5 Å². The maximum atomic E-state index is 14.0. The summed E-state index contributed by atoms with van der Waals surface area (Å²) in [6.45, 7) is 1.94. The summed E-state index contributed by atoms with van der Waals surface area (Å²) < 4.78 is 38.0. The molecule has 9 nitrogen and oxygen atoms in total. The van der Waals surface area contributed by atoms with E-state index in [1.807, 2.05) is 6.92 Å². The van der Waals surface area contributed by atoms with Crippen LogP contribution in [0.2, 0.25) is 10.0 Å². The summed E-state index contributed by atoms with van der Waals surface area (Å²) >= 11 is 12.9. The van der Waals surface area contributed by atoms with Crippen molar-refractivity contribution in [2.45, 2.75) is 64.1 Å². The molecule has 1 N–H and O–H groups in total. The van der Waals surface area contributed by atoms with Crippen LogP contribution in [-0.4, -0.2) is 63.2 Å². The molecule has 1 heterocycles. The Morgan fingerprint density at radius 1 is 1.02 bits per heavy atom. The van der Waals surface area contributed by atoms with Crippen LogP contribution in [0.4, 0.5) is 5.69 Å². The quantitative estimate of drug-likeness (QED) is 0.414. The van der Waals surface area contributed by atoms with Crippen LogP contribution in [0, 0.1) is 0 Å². The molecule has 2 amide bonds. The standard InChI is InChI=1S/C28H35Cl2N3O6S/c1-3-24(28(35)31-19-8-5-4-6-9-19)32(17-21-22(29)10-7-11-23(21)30)27(34)18-33(40(2,36)37)20-12-13-25-26(16-20)39-15-14-38-25/h7,10-13,16,19,24H,3-6,8-9,14-15,17-18H2,1-2H3,(H,31,35). The first-order chi connectivity index (χ1) is 19.1. The molecule has 0 radical (unpaired) electrons. The number of rotatable bonds is 10. The number of hydrogen-bond acceptors (Lipinski definition) is 6. The highest BCUT2D eigenvalue weighted by Gasteiger charge is 2.34. The molecule has 4 rings (SSSR count). The lowest BCUT2D eigenvalue weighted by Gasteiger charge is -2.34. The summed E-state index contributed by atoms with van der Waals surface area (Å²) in [5.41, 5.74) is 0.726. The number of nitrogens with one attached hydrogen (secondary N) is 1. The van der Waals surface area contributed by atoms with Gasteiger partial charge in [0.15, 0.2) is 11.5 Å². The molecule has 0 aromatic heterocycles. The van der Waals surface area contributed by atoms with Gasteiger partial charge in [0.25, 0.3) is 0 Å². The summed E-state index contributed by atoms with van der Waals surface area (Å²) in [7, 11) is -3.90. The lowest BCUT2D eigenvalue weighted by Crippen LogP contribution is -2.54. The number of carbonyl (C=O) groups is 2. The van der Waals surface area contributed by atoms with Crippen molar-refractivity contribution in [2.75, 3.05) is 30.3 Å². The Labute approximate surface area is 245 Å². The molecular formula is C28H35Cl2N3O6S. The normalized spacial score (nSPS) is 16.2. The van der Waals surface area contributed by atoms with Gasteiger partial charge in [-0.1, -0.05) is 55.5 Å². The molecule has 1 atom stereocenters. The zero-order valence-electron chi connectivity index (χ0n) is 22.7. The molecular weight excluding hydrogens is 577 g/mol. The van der Waals surface area contributed by atoms with Crippen molar-refractivity contribution in [1.82, 2.24) is 10.2 Å². The van der Waals surface area contributed by atoms with Crippen LogP contribution in [0.15, 0.2) is 36.4 Å². The molecule has 1 aliphatic heterocycles. The van der Waals surface area contributed by atoms with E-state index in [4.69, 9.17) is 32.7 Å². The smallest absolute Gasteiger partial charge is 0.244 e. The SMILES string of the molecule is CCC(C(=O)NC1CCCCC1)N(Cc1c(Cl)cccc1Cl)C(=O)CN(c1ccc2c(c1)OCCO2)S(C)(=O)=O. The van der Waals surface area contributed by atoms with Crippen LogP contribution in [0.25, 0.3) is 0 Å². The summed E-state index contributed by atoms with van der Waals surface area (Å²) in [6.07, 6.45) is 6.34. The molecule has 218 valence electrons. The van der Waals surface area contributed by atoms with Gasteiger partial charge in [-0.25, -0.2) is 8.42 Å². The molecule has 2 aliphatic rings. The Balaban J connectivity index is 1.66. The Morgan fingerprint density at radius 3 is 2.30 bits per heavy atom. The van der Waals surface area contributed by atoms with Gasteiger partial charge in [-0.3, -0.25) is 13.9 Å². The average Bonchev–Trinajstić information content (AvgIpc) is 2.92. The predicted molar refractivity (Wildman–Crippen MR) is 156 cm³/mol.